The summed E-state index contributed by atoms with van der Waals surface area (Å²) < 4.78 is 18.6. The number of nitrogens with zero attached hydrogens (tertiary/aromatic N) is 4. The zero-order chi connectivity index (χ0) is 21.3. The van der Waals surface area contributed by atoms with E-state index >= 15 is 0 Å². The van der Waals surface area contributed by atoms with Gasteiger partial charge in [-0.2, -0.15) is 0 Å². The van der Waals surface area contributed by atoms with Gasteiger partial charge in [-0.25, -0.2) is 14.2 Å². The minimum Gasteiger partial charge on any atom is -0.504 e. The zero-order valence-electron chi connectivity index (χ0n) is 15.0. The molecule has 3 N–H and O–H groups in total. The molecule has 150 valence electrons. The lowest BCUT2D eigenvalue weighted by Gasteiger charge is -2.09. The van der Waals surface area contributed by atoms with Crippen molar-refractivity contribution in [2.24, 2.45) is 0 Å². The highest BCUT2D eigenvalue weighted by Gasteiger charge is 2.22. The van der Waals surface area contributed by atoms with Crippen molar-refractivity contribution in [1.29, 1.82) is 0 Å². The van der Waals surface area contributed by atoms with Crippen LogP contribution in [0.15, 0.2) is 47.0 Å². The van der Waals surface area contributed by atoms with E-state index in [0.29, 0.717) is 0 Å². The molecule has 30 heavy (non-hydrogen) atoms. The number of benzene rings is 1. The van der Waals surface area contributed by atoms with Crippen molar-refractivity contribution < 1.29 is 28.6 Å². The van der Waals surface area contributed by atoms with Gasteiger partial charge in [0.2, 0.25) is 5.89 Å². The highest BCUT2D eigenvalue weighted by Crippen LogP contribution is 2.36. The Labute approximate surface area is 167 Å². The molecule has 0 fully saturated rings. The topological polar surface area (TPSA) is 151 Å². The second-order valence-electron chi connectivity index (χ2n) is 6.12. The van der Waals surface area contributed by atoms with Crippen LogP contribution in [0.1, 0.15) is 11.5 Å². The maximum absolute atomic E-state index is 13.0. The summed E-state index contributed by atoms with van der Waals surface area (Å²) in [5, 5.41) is 29.5. The van der Waals surface area contributed by atoms with Gasteiger partial charge in [-0.15, -0.1) is 10.2 Å². The molecule has 3 heterocycles. The SMILES string of the molecule is O=C(O)C(=O)Nc1nc(-c2nnc(Cc3ccc(F)cc3)o2)c(O)c2ncccc12. The van der Waals surface area contributed by atoms with Crippen molar-refractivity contribution in [3.05, 3.63) is 59.9 Å². The molecule has 4 rings (SSSR count). The first-order valence-corrected chi connectivity index (χ1v) is 8.51. The largest absolute Gasteiger partial charge is 0.504 e. The van der Waals surface area contributed by atoms with Crippen LogP contribution in [0.4, 0.5) is 10.2 Å². The van der Waals surface area contributed by atoms with E-state index in [1.54, 1.807) is 12.1 Å². The number of halogens is 1. The first-order chi connectivity index (χ1) is 14.4. The van der Waals surface area contributed by atoms with Crippen LogP contribution in [-0.4, -0.2) is 42.3 Å². The number of aromatic hydroxyl groups is 1. The quantitative estimate of drug-likeness (QED) is 0.430. The van der Waals surface area contributed by atoms with Crippen LogP contribution < -0.4 is 5.32 Å². The lowest BCUT2D eigenvalue weighted by Crippen LogP contribution is -2.22. The molecule has 0 radical (unpaired) electrons. The van der Waals surface area contributed by atoms with Gasteiger partial charge in [0.05, 0.1) is 6.42 Å². The van der Waals surface area contributed by atoms with E-state index in [1.807, 2.05) is 0 Å². The monoisotopic (exact) mass is 409 g/mol. The number of carboxylic acids is 1. The number of amides is 1. The van der Waals surface area contributed by atoms with Gasteiger partial charge >= 0.3 is 11.9 Å². The predicted molar refractivity (Wildman–Crippen MR) is 100.0 cm³/mol. The maximum Gasteiger partial charge on any atom is 0.394 e. The molecule has 0 aliphatic carbocycles. The van der Waals surface area contributed by atoms with Crippen molar-refractivity contribution in [1.82, 2.24) is 20.2 Å². The Morgan fingerprint density at radius 1 is 1.13 bits per heavy atom. The molecular formula is C19H12FN5O5. The lowest BCUT2D eigenvalue weighted by atomic mass is 10.1. The Balaban J connectivity index is 1.74. The molecule has 0 spiro atoms. The Morgan fingerprint density at radius 2 is 1.90 bits per heavy atom. The Bertz CT molecular complexity index is 1270. The van der Waals surface area contributed by atoms with Gasteiger partial charge in [0.1, 0.15) is 17.2 Å². The molecule has 1 amide bonds. The van der Waals surface area contributed by atoms with E-state index in [-0.39, 0.29) is 52.2 Å². The summed E-state index contributed by atoms with van der Waals surface area (Å²) in [7, 11) is 0. The van der Waals surface area contributed by atoms with E-state index < -0.39 is 11.9 Å². The summed E-state index contributed by atoms with van der Waals surface area (Å²) in [5.74, 6) is -3.90. The molecule has 4 aromatic rings. The summed E-state index contributed by atoms with van der Waals surface area (Å²) in [4.78, 5) is 30.6. The number of carbonyl (C=O) groups is 2. The third-order valence-electron chi connectivity index (χ3n) is 4.10. The minimum absolute atomic E-state index is 0.0569. The van der Waals surface area contributed by atoms with Crippen molar-refractivity contribution in [2.75, 3.05) is 5.32 Å². The van der Waals surface area contributed by atoms with Crippen molar-refractivity contribution in [3.8, 4) is 17.3 Å². The van der Waals surface area contributed by atoms with Crippen LogP contribution in [0, 0.1) is 5.82 Å². The molecule has 3 aromatic heterocycles. The summed E-state index contributed by atoms with van der Waals surface area (Å²) in [6.45, 7) is 0. The van der Waals surface area contributed by atoms with Gasteiger partial charge in [-0.05, 0) is 29.8 Å². The number of rotatable bonds is 4. The smallest absolute Gasteiger partial charge is 0.394 e. The lowest BCUT2D eigenvalue weighted by molar-refractivity contribution is -0.147. The van der Waals surface area contributed by atoms with Crippen LogP contribution >= 0.6 is 0 Å². The van der Waals surface area contributed by atoms with E-state index in [1.165, 1.54) is 30.5 Å². The summed E-state index contributed by atoms with van der Waals surface area (Å²) in [6.07, 6.45) is 1.62. The molecule has 0 unspecified atom stereocenters. The number of hydrogen-bond acceptors (Lipinski definition) is 8. The standard InChI is InChI=1S/C19H12FN5O5/c20-10-5-3-9(4-6-10)8-12-24-25-18(30-12)14-15(26)13-11(2-1-7-21-13)16(22-14)23-17(27)19(28)29/h1-7,26H,8H2,(H,28,29)(H,22,23,27). The number of aliphatic carboxylic acids is 1. The third-order valence-corrected chi connectivity index (χ3v) is 4.10. The van der Waals surface area contributed by atoms with Crippen molar-refractivity contribution >= 4 is 28.6 Å². The van der Waals surface area contributed by atoms with E-state index in [9.17, 15) is 19.1 Å². The summed E-state index contributed by atoms with van der Waals surface area (Å²) in [5.41, 5.74) is 0.597. The fourth-order valence-electron chi connectivity index (χ4n) is 2.73. The molecule has 10 nitrogen and oxygen atoms in total. The molecule has 1 aromatic carbocycles. The van der Waals surface area contributed by atoms with Gasteiger partial charge in [0.15, 0.2) is 11.4 Å². The molecule has 0 aliphatic rings. The number of hydrogen-bond donors (Lipinski definition) is 3. The Kier molecular flexibility index (Phi) is 4.76. The number of aromatic nitrogens is 4. The van der Waals surface area contributed by atoms with Gasteiger partial charge in [0, 0.05) is 11.6 Å². The first kappa shape index (κ1) is 18.9. The van der Waals surface area contributed by atoms with Crippen LogP contribution in [0.2, 0.25) is 0 Å². The molecule has 0 bridgehead atoms. The van der Waals surface area contributed by atoms with Crippen molar-refractivity contribution in [3.63, 3.8) is 0 Å². The molecule has 0 saturated carbocycles. The molecular weight excluding hydrogens is 397 g/mol. The third kappa shape index (κ3) is 3.63. The maximum atomic E-state index is 13.0. The normalized spacial score (nSPS) is 10.8. The highest BCUT2D eigenvalue weighted by atomic mass is 19.1. The van der Waals surface area contributed by atoms with Gasteiger partial charge in [-0.3, -0.25) is 9.78 Å². The Morgan fingerprint density at radius 3 is 2.63 bits per heavy atom. The van der Waals surface area contributed by atoms with Gasteiger partial charge in [0.25, 0.3) is 5.89 Å². The van der Waals surface area contributed by atoms with E-state index in [2.05, 4.69) is 25.5 Å². The van der Waals surface area contributed by atoms with E-state index in [4.69, 9.17) is 9.52 Å². The molecule has 11 heteroatoms. The fraction of sp³-hybridized carbons (Fsp3) is 0.0526. The number of nitrogens with one attached hydrogen (secondary N) is 1. The van der Waals surface area contributed by atoms with Crippen LogP contribution in [0.5, 0.6) is 5.75 Å². The Hall–Kier alpha value is -4.41. The number of anilines is 1. The van der Waals surface area contributed by atoms with Gasteiger partial charge in [-0.1, -0.05) is 12.1 Å². The fourth-order valence-corrected chi connectivity index (χ4v) is 2.73. The number of fused-ring (bicyclic) bond motifs is 1. The van der Waals surface area contributed by atoms with Crippen LogP contribution in [-0.2, 0) is 16.0 Å². The van der Waals surface area contributed by atoms with Crippen LogP contribution in [0.3, 0.4) is 0 Å². The second-order valence-corrected chi connectivity index (χ2v) is 6.12. The average Bonchev–Trinajstić information content (AvgIpc) is 3.20. The van der Waals surface area contributed by atoms with Crippen LogP contribution in [0.25, 0.3) is 22.5 Å². The number of carboxylic acid groups (broad SMARTS) is 1. The highest BCUT2D eigenvalue weighted by molar-refractivity contribution is 6.37. The van der Waals surface area contributed by atoms with Gasteiger partial charge < -0.3 is 19.9 Å². The number of pyridine rings is 2. The van der Waals surface area contributed by atoms with Crippen molar-refractivity contribution in [2.45, 2.75) is 6.42 Å². The summed E-state index contributed by atoms with van der Waals surface area (Å²) >= 11 is 0. The zero-order valence-corrected chi connectivity index (χ0v) is 15.0. The minimum atomic E-state index is -1.71. The second kappa shape index (κ2) is 7.54. The predicted octanol–water partition coefficient (Wildman–Crippen LogP) is 2.14. The molecule has 0 saturated heterocycles. The average molecular weight is 409 g/mol. The molecule has 0 atom stereocenters. The molecule has 0 aliphatic heterocycles. The number of carbonyl (C=O) groups excluding carboxylic acids is 1. The van der Waals surface area contributed by atoms with E-state index in [0.717, 1.165) is 5.56 Å². The summed E-state index contributed by atoms with van der Waals surface area (Å²) in [6, 6.07) is 8.76. The first-order valence-electron chi connectivity index (χ1n) is 8.51.